The van der Waals surface area contributed by atoms with E-state index in [4.69, 9.17) is 0 Å². The van der Waals surface area contributed by atoms with Gasteiger partial charge >= 0.3 is 6.03 Å². The fourth-order valence-electron chi connectivity index (χ4n) is 2.39. The number of carbonyl (C=O) groups is 1. The lowest BCUT2D eigenvalue weighted by Gasteiger charge is -2.27. The average molecular weight is 223 g/mol. The summed E-state index contributed by atoms with van der Waals surface area (Å²) in [5.41, 5.74) is 0. The smallest absolute Gasteiger partial charge is 0.322 e. The fourth-order valence-corrected chi connectivity index (χ4v) is 2.88. The topological polar surface area (TPSA) is 45.2 Å². The fraction of sp³-hybridized carbons (Fsp3) is 0.600. The zero-order valence-corrected chi connectivity index (χ0v) is 9.17. The van der Waals surface area contributed by atoms with E-state index >= 15 is 0 Å². The van der Waals surface area contributed by atoms with Crippen LogP contribution in [0.25, 0.3) is 0 Å². The van der Waals surface area contributed by atoms with Crippen LogP contribution in [0.4, 0.5) is 9.80 Å². The molecule has 1 aliphatic heterocycles. The number of rotatable bonds is 1. The Morgan fingerprint density at radius 3 is 2.73 bits per heavy atom. The Kier molecular flexibility index (Phi) is 2.12. The molecule has 15 heavy (non-hydrogen) atoms. The molecule has 0 radical (unpaired) electrons. The first-order chi connectivity index (χ1) is 7.33. The van der Waals surface area contributed by atoms with Crippen LogP contribution in [0.15, 0.2) is 12.3 Å². The van der Waals surface area contributed by atoms with Gasteiger partial charge in [-0.25, -0.2) is 4.79 Å². The molecule has 2 heterocycles. The first-order valence-corrected chi connectivity index (χ1v) is 6.07. The molecular weight excluding hydrogens is 210 g/mol. The summed E-state index contributed by atoms with van der Waals surface area (Å²) in [6.45, 7) is 1.88. The van der Waals surface area contributed by atoms with E-state index in [1.54, 1.807) is 6.20 Å². The number of hydrogen-bond donors (Lipinski definition) is 1. The van der Waals surface area contributed by atoms with Gasteiger partial charge in [0.25, 0.3) is 0 Å². The van der Waals surface area contributed by atoms with Crippen LogP contribution in [0.3, 0.4) is 0 Å². The van der Waals surface area contributed by atoms with Crippen molar-refractivity contribution < 1.29 is 4.79 Å². The first kappa shape index (κ1) is 9.15. The minimum absolute atomic E-state index is 0.0358. The molecule has 1 aromatic rings. The quantitative estimate of drug-likeness (QED) is 0.791. The molecule has 4 nitrogen and oxygen atoms in total. The van der Waals surface area contributed by atoms with Crippen molar-refractivity contribution in [2.45, 2.75) is 12.8 Å². The lowest BCUT2D eigenvalue weighted by Crippen LogP contribution is -2.32. The van der Waals surface area contributed by atoms with Crippen molar-refractivity contribution in [1.82, 2.24) is 9.27 Å². The van der Waals surface area contributed by atoms with E-state index in [0.717, 1.165) is 29.9 Å². The molecule has 1 saturated heterocycles. The van der Waals surface area contributed by atoms with Gasteiger partial charge in [0.1, 0.15) is 5.00 Å². The normalized spacial score (nSPS) is 28.4. The number of nitrogens with zero attached hydrogens (tertiary/aromatic N) is 2. The van der Waals surface area contributed by atoms with Crippen LogP contribution in [0.5, 0.6) is 0 Å². The molecule has 0 spiro atoms. The molecule has 2 aliphatic rings. The maximum absolute atomic E-state index is 11.8. The lowest BCUT2D eigenvalue weighted by atomic mass is 9.77. The van der Waals surface area contributed by atoms with Gasteiger partial charge < -0.3 is 4.90 Å². The standard InChI is InChI=1S/C10H13N3OS/c14-10(12-9-3-4-11-15-9)13-5-7-1-2-8(7)6-13/h3-4,7-8H,1-2,5-6H2,(H,12,14)/t7-,8+. The van der Waals surface area contributed by atoms with Crippen LogP contribution < -0.4 is 5.32 Å². The van der Waals surface area contributed by atoms with Gasteiger partial charge in [-0.3, -0.25) is 5.32 Å². The molecule has 1 saturated carbocycles. The number of fused-ring (bicyclic) bond motifs is 1. The summed E-state index contributed by atoms with van der Waals surface area (Å²) in [5, 5.41) is 3.71. The average Bonchev–Trinajstić information content (AvgIpc) is 2.76. The maximum atomic E-state index is 11.8. The van der Waals surface area contributed by atoms with Gasteiger partial charge in [0.05, 0.1) is 0 Å². The third-order valence-corrected chi connectivity index (χ3v) is 4.10. The Morgan fingerprint density at radius 1 is 1.47 bits per heavy atom. The summed E-state index contributed by atoms with van der Waals surface area (Å²) in [6.07, 6.45) is 4.30. The summed E-state index contributed by atoms with van der Waals surface area (Å²) in [5.74, 6) is 1.55. The van der Waals surface area contributed by atoms with Crippen LogP contribution >= 0.6 is 11.5 Å². The van der Waals surface area contributed by atoms with Crippen LogP contribution in [0.1, 0.15) is 12.8 Å². The number of amides is 2. The summed E-state index contributed by atoms with van der Waals surface area (Å²) in [7, 11) is 0. The van der Waals surface area contributed by atoms with E-state index in [-0.39, 0.29) is 6.03 Å². The number of aromatic nitrogens is 1. The Bertz CT molecular complexity index is 353. The van der Waals surface area contributed by atoms with Crippen molar-refractivity contribution in [2.75, 3.05) is 18.4 Å². The number of hydrogen-bond acceptors (Lipinski definition) is 3. The van der Waals surface area contributed by atoms with Gasteiger partial charge in [0.2, 0.25) is 0 Å². The van der Waals surface area contributed by atoms with Crippen LogP contribution in [0, 0.1) is 11.8 Å². The third-order valence-electron chi connectivity index (χ3n) is 3.44. The van der Waals surface area contributed by atoms with Gasteiger partial charge in [-0.05, 0) is 42.3 Å². The summed E-state index contributed by atoms with van der Waals surface area (Å²) >= 11 is 1.32. The monoisotopic (exact) mass is 223 g/mol. The maximum Gasteiger partial charge on any atom is 0.322 e. The van der Waals surface area contributed by atoms with Crippen molar-refractivity contribution in [3.05, 3.63) is 12.3 Å². The highest BCUT2D eigenvalue weighted by Crippen LogP contribution is 2.40. The summed E-state index contributed by atoms with van der Waals surface area (Å²) in [6, 6.07) is 1.86. The van der Waals surface area contributed by atoms with E-state index in [1.807, 2.05) is 11.0 Å². The largest absolute Gasteiger partial charge is 0.324 e. The number of urea groups is 1. The first-order valence-electron chi connectivity index (χ1n) is 5.29. The van der Waals surface area contributed by atoms with E-state index < -0.39 is 0 Å². The minimum Gasteiger partial charge on any atom is -0.324 e. The molecule has 0 unspecified atom stereocenters. The number of anilines is 1. The van der Waals surface area contributed by atoms with Crippen molar-refractivity contribution in [3.63, 3.8) is 0 Å². The van der Waals surface area contributed by atoms with Gasteiger partial charge in [-0.1, -0.05) is 0 Å². The van der Waals surface area contributed by atoms with E-state index in [0.29, 0.717) is 0 Å². The Labute approximate surface area is 92.4 Å². The van der Waals surface area contributed by atoms with E-state index in [2.05, 4.69) is 9.69 Å². The van der Waals surface area contributed by atoms with Gasteiger partial charge in [-0.2, -0.15) is 4.37 Å². The molecular formula is C10H13N3OS. The highest BCUT2D eigenvalue weighted by Gasteiger charge is 2.40. The Balaban J connectivity index is 1.61. The number of carbonyl (C=O) groups excluding carboxylic acids is 1. The van der Waals surface area contributed by atoms with Gasteiger partial charge in [0.15, 0.2) is 0 Å². The molecule has 2 amide bonds. The zero-order chi connectivity index (χ0) is 10.3. The SMILES string of the molecule is O=C(Nc1ccns1)N1C[C@H]2CC[C@H]2C1. The predicted molar refractivity (Wildman–Crippen MR) is 58.9 cm³/mol. The second-order valence-corrected chi connectivity index (χ2v) is 5.14. The summed E-state index contributed by atoms with van der Waals surface area (Å²) < 4.78 is 3.95. The number of nitrogens with one attached hydrogen (secondary N) is 1. The zero-order valence-electron chi connectivity index (χ0n) is 8.35. The van der Waals surface area contributed by atoms with Crippen LogP contribution in [-0.4, -0.2) is 28.4 Å². The molecule has 3 rings (SSSR count). The Morgan fingerprint density at radius 2 is 2.20 bits per heavy atom. The van der Waals surface area contributed by atoms with E-state index in [1.165, 1.54) is 24.4 Å². The van der Waals surface area contributed by atoms with Crippen molar-refractivity contribution in [1.29, 1.82) is 0 Å². The third kappa shape index (κ3) is 1.61. The molecule has 1 N–H and O–H groups in total. The molecule has 5 heteroatoms. The highest BCUT2D eigenvalue weighted by atomic mass is 32.1. The number of likely N-dealkylation sites (tertiary alicyclic amines) is 1. The minimum atomic E-state index is 0.0358. The van der Waals surface area contributed by atoms with Crippen molar-refractivity contribution in [3.8, 4) is 0 Å². The second kappa shape index (κ2) is 3.48. The lowest BCUT2D eigenvalue weighted by molar-refractivity contribution is 0.221. The molecule has 80 valence electrons. The molecule has 0 aromatic carbocycles. The molecule has 2 atom stereocenters. The van der Waals surface area contributed by atoms with E-state index in [9.17, 15) is 4.79 Å². The molecule has 0 bridgehead atoms. The highest BCUT2D eigenvalue weighted by molar-refractivity contribution is 7.10. The van der Waals surface area contributed by atoms with Crippen LogP contribution in [-0.2, 0) is 0 Å². The second-order valence-electron chi connectivity index (χ2n) is 4.31. The molecule has 1 aliphatic carbocycles. The van der Waals surface area contributed by atoms with Crippen LogP contribution in [0.2, 0.25) is 0 Å². The summed E-state index contributed by atoms with van der Waals surface area (Å²) in [4.78, 5) is 13.8. The molecule has 2 fully saturated rings. The van der Waals surface area contributed by atoms with Gasteiger partial charge in [0, 0.05) is 19.3 Å². The van der Waals surface area contributed by atoms with Crippen molar-refractivity contribution >= 4 is 22.6 Å². The molecule has 1 aromatic heterocycles. The van der Waals surface area contributed by atoms with Gasteiger partial charge in [-0.15, -0.1) is 0 Å². The van der Waals surface area contributed by atoms with Crippen molar-refractivity contribution in [2.24, 2.45) is 11.8 Å². The predicted octanol–water partition coefficient (Wildman–Crippen LogP) is 2.02. The Hall–Kier alpha value is -1.10.